The molecule has 0 amide bonds. The highest BCUT2D eigenvalue weighted by Gasteiger charge is 2.56. The summed E-state index contributed by atoms with van der Waals surface area (Å²) in [4.78, 5) is 30.8. The summed E-state index contributed by atoms with van der Waals surface area (Å²) >= 11 is 6.43. The molecular weight excluding hydrogens is 588 g/mol. The van der Waals surface area contributed by atoms with Gasteiger partial charge in [0, 0.05) is 41.0 Å². The van der Waals surface area contributed by atoms with Gasteiger partial charge in [0.2, 0.25) is 0 Å². The van der Waals surface area contributed by atoms with Crippen LogP contribution < -0.4 is 5.32 Å². The van der Waals surface area contributed by atoms with E-state index in [-0.39, 0.29) is 24.5 Å². The molecule has 3 aromatic carbocycles. The van der Waals surface area contributed by atoms with Gasteiger partial charge in [0.25, 0.3) is 0 Å². The Kier molecular flexibility index (Phi) is 10.3. The highest BCUT2D eigenvalue weighted by Crippen LogP contribution is 2.52. The van der Waals surface area contributed by atoms with E-state index in [1.807, 2.05) is 79.7 Å². The van der Waals surface area contributed by atoms with Gasteiger partial charge in [-0.2, -0.15) is 0 Å². The number of nitrogens with zero attached hydrogens (tertiary/aromatic N) is 1. The Morgan fingerprint density at radius 2 is 1.64 bits per heavy atom. The summed E-state index contributed by atoms with van der Waals surface area (Å²) in [5.41, 5.74) is 2.51. The fraction of sp³-hybridized carbons (Fsp3) is 0.270. The van der Waals surface area contributed by atoms with Crippen LogP contribution in [0, 0.1) is 5.41 Å². The standard InChI is InChI=1S/C37H37ClN2O5/c1-25-37(36(43)44,19-17-31(27-11-4-2-5-12-27)28-13-6-3-7-14-28)34(29-15-8-16-30(38)22-29)33(35(41)42)32(40-25)24-45-21-18-26-10-9-20-39-23-26/h2-16,20,22-23,25,31,34,40H,17-19,21,24H2,1H3,(H,41,42)(H,43,44). The largest absolute Gasteiger partial charge is 0.481 e. The van der Waals surface area contributed by atoms with Crippen LogP contribution in [0.3, 0.4) is 0 Å². The lowest BCUT2D eigenvalue weighted by Gasteiger charge is -2.48. The Hall–Kier alpha value is -4.46. The van der Waals surface area contributed by atoms with Crippen LogP contribution in [0.2, 0.25) is 5.02 Å². The number of hydrogen-bond acceptors (Lipinski definition) is 5. The van der Waals surface area contributed by atoms with Gasteiger partial charge < -0.3 is 20.3 Å². The van der Waals surface area contributed by atoms with Gasteiger partial charge in [0.1, 0.15) is 0 Å². The lowest BCUT2D eigenvalue weighted by Crippen LogP contribution is -2.57. The van der Waals surface area contributed by atoms with Crippen molar-refractivity contribution >= 4 is 23.5 Å². The SMILES string of the molecule is CC1NC(COCCc2cccnc2)=C(C(=O)O)C(c2cccc(Cl)c2)C1(CCC(c1ccccc1)c1ccccc1)C(=O)O. The molecule has 2 heterocycles. The van der Waals surface area contributed by atoms with Crippen LogP contribution in [-0.2, 0) is 20.7 Å². The number of carbonyl (C=O) groups is 2. The van der Waals surface area contributed by atoms with Gasteiger partial charge in [-0.3, -0.25) is 9.78 Å². The lowest BCUT2D eigenvalue weighted by molar-refractivity contribution is -0.153. The minimum absolute atomic E-state index is 0.00431. The van der Waals surface area contributed by atoms with Crippen LogP contribution in [-0.4, -0.2) is 46.4 Å². The molecule has 3 atom stereocenters. The second kappa shape index (κ2) is 14.5. The maximum atomic E-state index is 13.6. The molecule has 3 N–H and O–H groups in total. The third kappa shape index (κ3) is 7.11. The highest BCUT2D eigenvalue weighted by molar-refractivity contribution is 6.30. The molecular formula is C37H37ClN2O5. The van der Waals surface area contributed by atoms with Gasteiger partial charge >= 0.3 is 11.9 Å². The minimum Gasteiger partial charge on any atom is -0.481 e. The van der Waals surface area contributed by atoms with Crippen LogP contribution in [0.4, 0.5) is 0 Å². The molecule has 5 rings (SSSR count). The van der Waals surface area contributed by atoms with Crippen molar-refractivity contribution < 1.29 is 24.5 Å². The average molecular weight is 625 g/mol. The highest BCUT2D eigenvalue weighted by atomic mass is 35.5. The first-order valence-corrected chi connectivity index (χ1v) is 15.5. The topological polar surface area (TPSA) is 109 Å². The van der Waals surface area contributed by atoms with Crippen LogP contribution in [0.25, 0.3) is 0 Å². The predicted molar refractivity (Wildman–Crippen MR) is 174 cm³/mol. The Morgan fingerprint density at radius 3 is 2.22 bits per heavy atom. The van der Waals surface area contributed by atoms with Crippen LogP contribution in [0.1, 0.15) is 53.9 Å². The van der Waals surface area contributed by atoms with Crippen molar-refractivity contribution in [1.82, 2.24) is 10.3 Å². The average Bonchev–Trinajstić information content (AvgIpc) is 3.05. The third-order valence-corrected chi connectivity index (χ3v) is 9.09. The predicted octanol–water partition coefficient (Wildman–Crippen LogP) is 7.09. The van der Waals surface area contributed by atoms with Gasteiger partial charge in [-0.1, -0.05) is 90.5 Å². The van der Waals surface area contributed by atoms with E-state index in [0.29, 0.717) is 35.7 Å². The molecule has 1 aromatic heterocycles. The van der Waals surface area contributed by atoms with Crippen molar-refractivity contribution in [2.75, 3.05) is 13.2 Å². The Morgan fingerprint density at radius 1 is 0.956 bits per heavy atom. The van der Waals surface area contributed by atoms with E-state index in [9.17, 15) is 19.8 Å². The number of rotatable bonds is 13. The van der Waals surface area contributed by atoms with Gasteiger partial charge in [0.05, 0.1) is 24.2 Å². The Bertz CT molecular complexity index is 1590. The molecule has 1 aliphatic heterocycles. The number of ether oxygens (including phenoxy) is 1. The first-order chi connectivity index (χ1) is 21.8. The van der Waals surface area contributed by atoms with E-state index in [1.54, 1.807) is 36.7 Å². The van der Waals surface area contributed by atoms with Crippen LogP contribution in [0.15, 0.2) is 121 Å². The normalized spacial score (nSPS) is 19.7. The first kappa shape index (κ1) is 31.9. The summed E-state index contributed by atoms with van der Waals surface area (Å²) in [7, 11) is 0. The molecule has 7 nitrogen and oxygen atoms in total. The smallest absolute Gasteiger partial charge is 0.334 e. The first-order valence-electron chi connectivity index (χ1n) is 15.1. The summed E-state index contributed by atoms with van der Waals surface area (Å²) in [6, 6.07) is 30.1. The molecule has 1 aliphatic rings. The molecule has 0 bridgehead atoms. The fourth-order valence-corrected chi connectivity index (χ4v) is 6.84. The quantitative estimate of drug-likeness (QED) is 0.136. The third-order valence-electron chi connectivity index (χ3n) is 8.86. The number of pyridine rings is 1. The maximum Gasteiger partial charge on any atom is 0.334 e. The maximum absolute atomic E-state index is 13.6. The summed E-state index contributed by atoms with van der Waals surface area (Å²) in [5, 5.41) is 25.5. The summed E-state index contributed by atoms with van der Waals surface area (Å²) < 4.78 is 5.97. The van der Waals surface area contributed by atoms with Crippen molar-refractivity contribution in [3.05, 3.63) is 148 Å². The van der Waals surface area contributed by atoms with Crippen molar-refractivity contribution in [2.24, 2.45) is 5.41 Å². The number of carboxylic acids is 2. The summed E-state index contributed by atoms with van der Waals surface area (Å²) in [6.45, 7) is 2.16. The van der Waals surface area contributed by atoms with E-state index < -0.39 is 29.3 Å². The Labute approximate surface area is 268 Å². The molecule has 0 saturated heterocycles. The molecule has 232 valence electrons. The molecule has 0 radical (unpaired) electrons. The zero-order chi connectivity index (χ0) is 31.8. The van der Waals surface area contributed by atoms with Crippen molar-refractivity contribution in [3.63, 3.8) is 0 Å². The van der Waals surface area contributed by atoms with Crippen molar-refractivity contribution in [3.8, 4) is 0 Å². The molecule has 0 aliphatic carbocycles. The van der Waals surface area contributed by atoms with E-state index in [0.717, 1.165) is 16.7 Å². The Balaban J connectivity index is 1.55. The molecule has 8 heteroatoms. The number of hydrogen-bond donors (Lipinski definition) is 3. The second-order valence-electron chi connectivity index (χ2n) is 11.5. The van der Waals surface area contributed by atoms with Gasteiger partial charge in [0.15, 0.2) is 0 Å². The lowest BCUT2D eigenvalue weighted by atomic mass is 9.59. The summed E-state index contributed by atoms with van der Waals surface area (Å²) in [5.74, 6) is -3.35. The van der Waals surface area contributed by atoms with Crippen molar-refractivity contribution in [2.45, 2.75) is 44.1 Å². The van der Waals surface area contributed by atoms with Gasteiger partial charge in [-0.05, 0) is 66.6 Å². The number of nitrogens with one attached hydrogen (secondary N) is 1. The zero-order valence-electron chi connectivity index (χ0n) is 25.1. The van der Waals surface area contributed by atoms with E-state index in [1.165, 1.54) is 0 Å². The minimum atomic E-state index is -1.51. The number of halogens is 1. The second-order valence-corrected chi connectivity index (χ2v) is 11.9. The molecule has 0 saturated carbocycles. The molecule has 4 aromatic rings. The van der Waals surface area contributed by atoms with E-state index >= 15 is 0 Å². The van der Waals surface area contributed by atoms with Crippen molar-refractivity contribution in [1.29, 1.82) is 0 Å². The summed E-state index contributed by atoms with van der Waals surface area (Å²) in [6.07, 6.45) is 4.76. The van der Waals surface area contributed by atoms with Crippen LogP contribution >= 0.6 is 11.6 Å². The number of aliphatic carboxylic acids is 2. The van der Waals surface area contributed by atoms with E-state index in [2.05, 4.69) is 10.3 Å². The van der Waals surface area contributed by atoms with Crippen LogP contribution in [0.5, 0.6) is 0 Å². The molecule has 45 heavy (non-hydrogen) atoms. The monoisotopic (exact) mass is 624 g/mol. The molecule has 3 unspecified atom stereocenters. The molecule has 0 fully saturated rings. The van der Waals surface area contributed by atoms with E-state index in [4.69, 9.17) is 16.3 Å². The number of carboxylic acid groups (broad SMARTS) is 2. The molecule has 0 spiro atoms. The van der Waals surface area contributed by atoms with Gasteiger partial charge in [-0.15, -0.1) is 0 Å². The number of aromatic nitrogens is 1. The fourth-order valence-electron chi connectivity index (χ4n) is 6.64. The van der Waals surface area contributed by atoms with Gasteiger partial charge in [-0.25, -0.2) is 4.79 Å². The number of benzene rings is 3. The zero-order valence-corrected chi connectivity index (χ0v) is 25.9.